The largest absolute Gasteiger partial charge is 0.460 e. The molecule has 0 aromatic rings. The number of urea groups is 2. The normalized spacial score (nSPS) is 13.0. The fraction of sp³-hybridized carbons (Fsp3) is 0.700. The Kier molecular flexibility index (Phi) is 12.2. The summed E-state index contributed by atoms with van der Waals surface area (Å²) >= 11 is 0. The molecule has 30 heavy (non-hydrogen) atoms. The lowest BCUT2D eigenvalue weighted by atomic mass is 10.1. The maximum Gasteiger partial charge on any atom is 0.331 e. The van der Waals surface area contributed by atoms with E-state index in [1.807, 2.05) is 27.7 Å². The van der Waals surface area contributed by atoms with Gasteiger partial charge in [0.1, 0.15) is 13.2 Å². The second-order valence-electron chi connectivity index (χ2n) is 7.98. The van der Waals surface area contributed by atoms with Crippen LogP contribution in [0.1, 0.15) is 27.7 Å². The minimum atomic E-state index is -0.724. The summed E-state index contributed by atoms with van der Waals surface area (Å²) in [6.07, 6.45) is 1.94. The summed E-state index contributed by atoms with van der Waals surface area (Å²) in [6.45, 7) is 7.51. The van der Waals surface area contributed by atoms with E-state index in [9.17, 15) is 19.2 Å². The zero-order valence-electron chi connectivity index (χ0n) is 19.2. The minimum absolute atomic E-state index is 0.0263. The molecule has 2 atom stereocenters. The van der Waals surface area contributed by atoms with Crippen LogP contribution in [0.3, 0.4) is 0 Å². The van der Waals surface area contributed by atoms with Crippen LogP contribution >= 0.6 is 0 Å². The number of esters is 2. The van der Waals surface area contributed by atoms with Crippen LogP contribution in [0.2, 0.25) is 0 Å². The third-order valence-corrected chi connectivity index (χ3v) is 4.21. The van der Waals surface area contributed by atoms with Crippen molar-refractivity contribution in [2.45, 2.75) is 39.8 Å². The van der Waals surface area contributed by atoms with Crippen molar-refractivity contribution in [3.05, 3.63) is 12.2 Å². The molecule has 0 bridgehead atoms. The number of nitrogens with one attached hydrogen (secondary N) is 2. The molecule has 0 saturated carbocycles. The molecular formula is C20H36N4O6. The van der Waals surface area contributed by atoms with Gasteiger partial charge in [0.25, 0.3) is 0 Å². The van der Waals surface area contributed by atoms with Crippen LogP contribution in [0.5, 0.6) is 0 Å². The SMILES string of the molecule is CC(C)[C@H](COC(=O)/C=C/C(=O)OC[C@H](NC(=O)N(C)C)C(C)C)NC(=O)N(C)C. The summed E-state index contributed by atoms with van der Waals surface area (Å²) in [6, 6.07) is -1.30. The highest BCUT2D eigenvalue weighted by Crippen LogP contribution is 2.05. The first-order valence-electron chi connectivity index (χ1n) is 9.82. The predicted octanol–water partition coefficient (Wildman–Crippen LogP) is 1.22. The molecule has 0 aromatic heterocycles. The van der Waals surface area contributed by atoms with Crippen molar-refractivity contribution in [2.75, 3.05) is 41.4 Å². The first kappa shape index (κ1) is 27.2. The van der Waals surface area contributed by atoms with Gasteiger partial charge in [-0.3, -0.25) is 0 Å². The molecule has 0 rings (SSSR count). The van der Waals surface area contributed by atoms with Crippen LogP contribution in [0.25, 0.3) is 0 Å². The third kappa shape index (κ3) is 11.3. The molecule has 0 aromatic carbocycles. The number of hydrogen-bond donors (Lipinski definition) is 2. The Balaban J connectivity index is 4.56. The molecule has 0 fully saturated rings. The van der Waals surface area contributed by atoms with Crippen LogP contribution in [0.4, 0.5) is 9.59 Å². The van der Waals surface area contributed by atoms with Gasteiger partial charge in [-0.15, -0.1) is 0 Å². The van der Waals surface area contributed by atoms with Gasteiger partial charge in [0.15, 0.2) is 0 Å². The number of nitrogens with zero attached hydrogens (tertiary/aromatic N) is 2. The molecule has 0 heterocycles. The molecule has 10 heteroatoms. The van der Waals surface area contributed by atoms with E-state index >= 15 is 0 Å². The quantitative estimate of drug-likeness (QED) is 0.399. The molecule has 0 aliphatic carbocycles. The van der Waals surface area contributed by atoms with Gasteiger partial charge in [0, 0.05) is 40.3 Å². The van der Waals surface area contributed by atoms with Crippen LogP contribution in [-0.4, -0.2) is 87.3 Å². The van der Waals surface area contributed by atoms with Crippen molar-refractivity contribution in [3.8, 4) is 0 Å². The van der Waals surface area contributed by atoms with Crippen molar-refractivity contribution in [3.63, 3.8) is 0 Å². The highest BCUT2D eigenvalue weighted by molar-refractivity contribution is 5.91. The van der Waals surface area contributed by atoms with E-state index in [0.717, 1.165) is 12.2 Å². The Morgan fingerprint density at radius 3 is 1.23 bits per heavy atom. The highest BCUT2D eigenvalue weighted by atomic mass is 16.5. The van der Waals surface area contributed by atoms with Gasteiger partial charge in [-0.05, 0) is 11.8 Å². The highest BCUT2D eigenvalue weighted by Gasteiger charge is 2.20. The molecule has 0 unspecified atom stereocenters. The average Bonchev–Trinajstić information content (AvgIpc) is 2.65. The lowest BCUT2D eigenvalue weighted by molar-refractivity contribution is -0.141. The van der Waals surface area contributed by atoms with E-state index in [0.29, 0.717) is 0 Å². The van der Waals surface area contributed by atoms with Gasteiger partial charge in [-0.25, -0.2) is 19.2 Å². The molecule has 10 nitrogen and oxygen atoms in total. The maximum absolute atomic E-state index is 11.9. The fourth-order valence-corrected chi connectivity index (χ4v) is 1.95. The van der Waals surface area contributed by atoms with E-state index < -0.39 is 11.9 Å². The molecule has 0 spiro atoms. The number of carbonyl (C=O) groups excluding carboxylic acids is 4. The summed E-state index contributed by atoms with van der Waals surface area (Å²) in [5.41, 5.74) is 0. The Morgan fingerprint density at radius 2 is 1.00 bits per heavy atom. The number of carbonyl (C=O) groups is 4. The second-order valence-corrected chi connectivity index (χ2v) is 7.98. The summed E-state index contributed by atoms with van der Waals surface area (Å²) in [7, 11) is 6.46. The summed E-state index contributed by atoms with van der Waals surface area (Å²) in [5, 5.41) is 5.52. The molecule has 0 radical (unpaired) electrons. The second kappa shape index (κ2) is 13.4. The molecule has 172 valence electrons. The monoisotopic (exact) mass is 428 g/mol. The standard InChI is InChI=1S/C20H36N4O6/c1-13(2)15(21-19(27)23(5)6)11-29-17(25)9-10-18(26)30-12-16(14(3)4)22-20(28)24(7)8/h9-10,13-16H,11-12H2,1-8H3,(H,21,27)(H,22,28)/b10-9+/t15-,16-/m0/s1. The average molecular weight is 429 g/mol. The first-order chi connectivity index (χ1) is 13.8. The zero-order valence-corrected chi connectivity index (χ0v) is 19.2. The molecule has 0 aliphatic heterocycles. The van der Waals surface area contributed by atoms with Gasteiger partial charge in [0.05, 0.1) is 12.1 Å². The molecule has 0 saturated heterocycles. The Bertz CT molecular complexity index is 564. The smallest absolute Gasteiger partial charge is 0.331 e. The number of amides is 4. The van der Waals surface area contributed by atoms with Crippen LogP contribution < -0.4 is 10.6 Å². The lowest BCUT2D eigenvalue weighted by Gasteiger charge is -2.24. The van der Waals surface area contributed by atoms with E-state index in [2.05, 4.69) is 10.6 Å². The molecular weight excluding hydrogens is 392 g/mol. The lowest BCUT2D eigenvalue weighted by Crippen LogP contribution is -2.46. The zero-order chi connectivity index (χ0) is 23.4. The Labute approximate surface area is 178 Å². The van der Waals surface area contributed by atoms with Crippen LogP contribution in [-0.2, 0) is 19.1 Å². The van der Waals surface area contributed by atoms with Crippen molar-refractivity contribution < 1.29 is 28.7 Å². The predicted molar refractivity (Wildman–Crippen MR) is 113 cm³/mol. The van der Waals surface area contributed by atoms with E-state index in [1.165, 1.54) is 9.80 Å². The number of ether oxygens (including phenoxy) is 2. The summed E-state index contributed by atoms with van der Waals surface area (Å²) < 4.78 is 10.2. The van der Waals surface area contributed by atoms with Crippen molar-refractivity contribution in [2.24, 2.45) is 11.8 Å². The van der Waals surface area contributed by atoms with Gasteiger partial charge >= 0.3 is 24.0 Å². The minimum Gasteiger partial charge on any atom is -0.460 e. The van der Waals surface area contributed by atoms with Gasteiger partial charge in [-0.1, -0.05) is 27.7 Å². The fourth-order valence-electron chi connectivity index (χ4n) is 1.95. The van der Waals surface area contributed by atoms with Gasteiger partial charge in [0.2, 0.25) is 0 Å². The topological polar surface area (TPSA) is 117 Å². The van der Waals surface area contributed by atoms with Crippen molar-refractivity contribution >= 4 is 24.0 Å². The number of rotatable bonds is 10. The Hall–Kier alpha value is -2.78. The maximum atomic E-state index is 11.9. The van der Waals surface area contributed by atoms with Crippen LogP contribution in [0.15, 0.2) is 12.2 Å². The van der Waals surface area contributed by atoms with E-state index in [4.69, 9.17) is 9.47 Å². The van der Waals surface area contributed by atoms with Gasteiger partial charge in [-0.2, -0.15) is 0 Å². The van der Waals surface area contributed by atoms with E-state index in [1.54, 1.807) is 28.2 Å². The first-order valence-corrected chi connectivity index (χ1v) is 9.82. The number of hydrogen-bond acceptors (Lipinski definition) is 6. The van der Waals surface area contributed by atoms with Crippen LogP contribution in [0, 0.1) is 11.8 Å². The van der Waals surface area contributed by atoms with Gasteiger partial charge < -0.3 is 29.9 Å². The molecule has 2 N–H and O–H groups in total. The molecule has 0 aliphatic rings. The summed E-state index contributed by atoms with van der Waals surface area (Å²) in [5.74, 6) is -1.36. The summed E-state index contributed by atoms with van der Waals surface area (Å²) in [4.78, 5) is 50.0. The Morgan fingerprint density at radius 1 is 0.700 bits per heavy atom. The molecule has 4 amide bonds. The van der Waals surface area contributed by atoms with E-state index in [-0.39, 0.29) is 49.2 Å². The third-order valence-electron chi connectivity index (χ3n) is 4.21. The van der Waals surface area contributed by atoms with Crippen molar-refractivity contribution in [1.29, 1.82) is 0 Å². The van der Waals surface area contributed by atoms with Crippen molar-refractivity contribution in [1.82, 2.24) is 20.4 Å².